The highest BCUT2D eigenvalue weighted by molar-refractivity contribution is 6.05. The number of amidine groups is 1. The highest BCUT2D eigenvalue weighted by Crippen LogP contribution is 2.17. The fourth-order valence-corrected chi connectivity index (χ4v) is 3.40. The number of amides is 1. The van der Waals surface area contributed by atoms with Gasteiger partial charge in [0.05, 0.1) is 13.0 Å². The van der Waals surface area contributed by atoms with E-state index in [0.29, 0.717) is 36.5 Å². The molecule has 0 saturated carbocycles. The topological polar surface area (TPSA) is 121 Å². The third kappa shape index (κ3) is 6.90. The number of nitrogens with two attached hydrogens (primary N) is 1. The van der Waals surface area contributed by atoms with Gasteiger partial charge in [-0.3, -0.25) is 19.9 Å². The number of carbonyl (C=O) groups is 2. The molecule has 0 spiro atoms. The Morgan fingerprint density at radius 2 is 1.85 bits per heavy atom. The lowest BCUT2D eigenvalue weighted by Gasteiger charge is -2.21. The second-order valence-electron chi connectivity index (χ2n) is 7.57. The standard InChI is InChI=1S/C26H29N5O3/c1-2-34-24(32)14-17-31(23-8-3-4-15-30-23)26(33)21-7-5-6-19(18-21)13-16-29-22-11-9-20(10-12-22)25(27)28/h3-12,15,18,29H,2,13-14,16-17H2,1H3,(H3,27,28). The number of pyridine rings is 1. The first kappa shape index (κ1) is 24.4. The number of carbonyl (C=O) groups excluding carboxylic acids is 2. The average molecular weight is 460 g/mol. The second kappa shape index (κ2) is 12.2. The van der Waals surface area contributed by atoms with E-state index in [2.05, 4.69) is 10.3 Å². The number of benzene rings is 2. The minimum Gasteiger partial charge on any atom is -0.466 e. The van der Waals surface area contributed by atoms with Crippen molar-refractivity contribution in [3.05, 3.63) is 89.6 Å². The summed E-state index contributed by atoms with van der Waals surface area (Å²) in [6, 6.07) is 20.1. The van der Waals surface area contributed by atoms with Crippen molar-refractivity contribution in [2.45, 2.75) is 19.8 Å². The van der Waals surface area contributed by atoms with Crippen molar-refractivity contribution in [1.29, 1.82) is 5.41 Å². The second-order valence-corrected chi connectivity index (χ2v) is 7.57. The van der Waals surface area contributed by atoms with Crippen LogP contribution in [0.25, 0.3) is 0 Å². The third-order valence-corrected chi connectivity index (χ3v) is 5.13. The van der Waals surface area contributed by atoms with E-state index in [1.807, 2.05) is 30.3 Å². The molecular weight excluding hydrogens is 430 g/mol. The number of hydrogen-bond acceptors (Lipinski definition) is 6. The minimum atomic E-state index is -0.354. The van der Waals surface area contributed by atoms with Crippen LogP contribution in [0.5, 0.6) is 0 Å². The zero-order valence-corrected chi connectivity index (χ0v) is 19.2. The number of nitrogen functional groups attached to an aromatic ring is 1. The van der Waals surface area contributed by atoms with Gasteiger partial charge in [0.2, 0.25) is 0 Å². The Morgan fingerprint density at radius 3 is 2.53 bits per heavy atom. The molecule has 0 radical (unpaired) electrons. The fourth-order valence-electron chi connectivity index (χ4n) is 3.40. The monoisotopic (exact) mass is 459 g/mol. The maximum atomic E-state index is 13.3. The van der Waals surface area contributed by atoms with Crippen LogP contribution in [0.15, 0.2) is 72.9 Å². The molecule has 1 heterocycles. The van der Waals surface area contributed by atoms with Crippen LogP contribution in [0.1, 0.15) is 34.8 Å². The van der Waals surface area contributed by atoms with E-state index in [4.69, 9.17) is 15.9 Å². The van der Waals surface area contributed by atoms with Gasteiger partial charge in [-0.2, -0.15) is 0 Å². The lowest BCUT2D eigenvalue weighted by atomic mass is 10.1. The summed E-state index contributed by atoms with van der Waals surface area (Å²) in [4.78, 5) is 31.0. The number of rotatable bonds is 11. The molecule has 0 aliphatic heterocycles. The fraction of sp³-hybridized carbons (Fsp3) is 0.231. The smallest absolute Gasteiger partial charge is 0.307 e. The summed E-state index contributed by atoms with van der Waals surface area (Å²) in [5.41, 5.74) is 8.63. The quantitative estimate of drug-likeness (QED) is 0.229. The molecule has 34 heavy (non-hydrogen) atoms. The van der Waals surface area contributed by atoms with Crippen molar-refractivity contribution in [1.82, 2.24) is 4.98 Å². The van der Waals surface area contributed by atoms with Crippen molar-refractivity contribution in [3.63, 3.8) is 0 Å². The molecule has 8 nitrogen and oxygen atoms in total. The summed E-state index contributed by atoms with van der Waals surface area (Å²) in [5, 5.41) is 10.8. The van der Waals surface area contributed by atoms with Crippen LogP contribution >= 0.6 is 0 Å². The number of hydrogen-bond donors (Lipinski definition) is 3. The lowest BCUT2D eigenvalue weighted by molar-refractivity contribution is -0.142. The van der Waals surface area contributed by atoms with Gasteiger partial charge in [-0.05, 0) is 67.4 Å². The van der Waals surface area contributed by atoms with E-state index in [-0.39, 0.29) is 30.7 Å². The Morgan fingerprint density at radius 1 is 1.06 bits per heavy atom. The van der Waals surface area contributed by atoms with E-state index < -0.39 is 0 Å². The van der Waals surface area contributed by atoms with Gasteiger partial charge < -0.3 is 15.8 Å². The molecule has 1 aromatic heterocycles. The first-order chi connectivity index (χ1) is 16.5. The first-order valence-electron chi connectivity index (χ1n) is 11.1. The molecule has 0 aliphatic carbocycles. The maximum absolute atomic E-state index is 13.3. The van der Waals surface area contributed by atoms with Gasteiger partial charge >= 0.3 is 5.97 Å². The van der Waals surface area contributed by atoms with Gasteiger partial charge in [0.25, 0.3) is 5.91 Å². The molecule has 3 rings (SSSR count). The summed E-state index contributed by atoms with van der Waals surface area (Å²) < 4.78 is 5.01. The predicted octanol–water partition coefficient (Wildman–Crippen LogP) is 3.62. The van der Waals surface area contributed by atoms with Crippen molar-refractivity contribution >= 4 is 29.2 Å². The van der Waals surface area contributed by atoms with Gasteiger partial charge in [-0.15, -0.1) is 0 Å². The van der Waals surface area contributed by atoms with E-state index in [1.54, 1.807) is 49.5 Å². The first-order valence-corrected chi connectivity index (χ1v) is 11.1. The van der Waals surface area contributed by atoms with E-state index in [1.165, 1.54) is 4.90 Å². The number of nitrogens with zero attached hydrogens (tertiary/aromatic N) is 2. The Kier molecular flexibility index (Phi) is 8.73. The van der Waals surface area contributed by atoms with Crippen LogP contribution in [-0.2, 0) is 16.0 Å². The molecule has 3 aromatic rings. The maximum Gasteiger partial charge on any atom is 0.307 e. The minimum absolute atomic E-state index is 0.0371. The van der Waals surface area contributed by atoms with Gasteiger partial charge in [0.15, 0.2) is 0 Å². The van der Waals surface area contributed by atoms with Crippen LogP contribution in [0.4, 0.5) is 11.5 Å². The molecule has 0 unspecified atom stereocenters. The van der Waals surface area contributed by atoms with Crippen LogP contribution in [0, 0.1) is 5.41 Å². The molecule has 1 amide bonds. The highest BCUT2D eigenvalue weighted by atomic mass is 16.5. The number of anilines is 2. The van der Waals surface area contributed by atoms with Crippen molar-refractivity contribution in [2.24, 2.45) is 5.73 Å². The van der Waals surface area contributed by atoms with Crippen LogP contribution in [-0.4, -0.2) is 42.4 Å². The average Bonchev–Trinajstić information content (AvgIpc) is 2.85. The van der Waals surface area contributed by atoms with E-state index in [0.717, 1.165) is 11.3 Å². The molecule has 0 atom stereocenters. The van der Waals surface area contributed by atoms with Crippen molar-refractivity contribution < 1.29 is 14.3 Å². The Balaban J connectivity index is 1.66. The lowest BCUT2D eigenvalue weighted by Crippen LogP contribution is -2.34. The number of nitrogens with one attached hydrogen (secondary N) is 2. The van der Waals surface area contributed by atoms with Crippen molar-refractivity contribution in [3.8, 4) is 0 Å². The highest BCUT2D eigenvalue weighted by Gasteiger charge is 2.20. The molecular formula is C26H29N5O3. The summed E-state index contributed by atoms with van der Waals surface area (Å²) in [6.07, 6.45) is 2.41. The molecule has 0 bridgehead atoms. The summed E-state index contributed by atoms with van der Waals surface area (Å²) in [5.74, 6) is -0.0575. The summed E-state index contributed by atoms with van der Waals surface area (Å²) in [7, 11) is 0. The van der Waals surface area contributed by atoms with Gasteiger partial charge in [-0.1, -0.05) is 18.2 Å². The SMILES string of the molecule is CCOC(=O)CCN(C(=O)c1cccc(CCNc2ccc(C(=N)N)cc2)c1)c1ccccn1. The van der Waals surface area contributed by atoms with Gasteiger partial charge in [0, 0.05) is 36.1 Å². The molecule has 4 N–H and O–H groups in total. The Bertz CT molecular complexity index is 1120. The Hall–Kier alpha value is -4.20. The van der Waals surface area contributed by atoms with E-state index >= 15 is 0 Å². The van der Waals surface area contributed by atoms with Gasteiger partial charge in [0.1, 0.15) is 11.7 Å². The summed E-state index contributed by atoms with van der Waals surface area (Å²) in [6.45, 7) is 2.90. The van der Waals surface area contributed by atoms with Crippen molar-refractivity contribution in [2.75, 3.05) is 29.9 Å². The van der Waals surface area contributed by atoms with Crippen LogP contribution < -0.4 is 16.0 Å². The van der Waals surface area contributed by atoms with Crippen LogP contribution in [0.2, 0.25) is 0 Å². The summed E-state index contributed by atoms with van der Waals surface area (Å²) >= 11 is 0. The molecule has 2 aromatic carbocycles. The van der Waals surface area contributed by atoms with E-state index in [9.17, 15) is 9.59 Å². The Labute approximate surface area is 199 Å². The van der Waals surface area contributed by atoms with Crippen LogP contribution in [0.3, 0.4) is 0 Å². The number of aromatic nitrogens is 1. The third-order valence-electron chi connectivity index (χ3n) is 5.13. The van der Waals surface area contributed by atoms with Gasteiger partial charge in [-0.25, -0.2) is 4.98 Å². The zero-order chi connectivity index (χ0) is 24.3. The predicted molar refractivity (Wildman–Crippen MR) is 133 cm³/mol. The number of esters is 1. The largest absolute Gasteiger partial charge is 0.466 e. The molecule has 176 valence electrons. The molecule has 8 heteroatoms. The molecule has 0 aliphatic rings. The zero-order valence-electron chi connectivity index (χ0n) is 19.2. The molecule has 0 fully saturated rings. The molecule has 0 saturated heterocycles. The number of ether oxygens (including phenoxy) is 1. The normalized spacial score (nSPS) is 10.4.